The molecule has 0 amide bonds. The predicted octanol–water partition coefficient (Wildman–Crippen LogP) is 4.69. The molecule has 3 aromatic rings. The zero-order chi connectivity index (χ0) is 24.3. The lowest BCUT2D eigenvalue weighted by Crippen LogP contribution is -2.45. The molecule has 9 heteroatoms. The molecule has 2 fully saturated rings. The van der Waals surface area contributed by atoms with Gasteiger partial charge < -0.3 is 15.0 Å². The molecule has 6 rings (SSSR count). The third-order valence-corrected chi connectivity index (χ3v) is 8.61. The highest BCUT2D eigenvalue weighted by molar-refractivity contribution is 7.19. The van der Waals surface area contributed by atoms with Crippen LogP contribution in [-0.2, 0) is 19.4 Å². The van der Waals surface area contributed by atoms with Crippen LogP contribution in [0.1, 0.15) is 55.8 Å². The lowest BCUT2D eigenvalue weighted by Gasteiger charge is -2.33. The van der Waals surface area contributed by atoms with Crippen molar-refractivity contribution < 1.29 is 4.74 Å². The van der Waals surface area contributed by atoms with E-state index < -0.39 is 0 Å². The number of fused-ring (bicyclic) bond motifs is 3. The zero-order valence-corrected chi connectivity index (χ0v) is 21.9. The second kappa shape index (κ2) is 10.8. The van der Waals surface area contributed by atoms with E-state index in [1.807, 2.05) is 12.4 Å². The Labute approximate surface area is 217 Å². The van der Waals surface area contributed by atoms with Crippen LogP contribution in [0, 0.1) is 0 Å². The van der Waals surface area contributed by atoms with E-state index in [2.05, 4.69) is 44.1 Å². The van der Waals surface area contributed by atoms with Gasteiger partial charge in [0.2, 0.25) is 0 Å². The van der Waals surface area contributed by atoms with Gasteiger partial charge in [0.15, 0.2) is 5.13 Å². The maximum Gasteiger partial charge on any atom is 0.317 e. The Morgan fingerprint density at radius 1 is 0.972 bits per heavy atom. The van der Waals surface area contributed by atoms with Crippen LogP contribution >= 0.6 is 11.3 Å². The number of aryl methyl sites for hydroxylation is 2. The van der Waals surface area contributed by atoms with Crippen molar-refractivity contribution in [1.82, 2.24) is 29.7 Å². The molecule has 2 aliphatic carbocycles. The minimum Gasteiger partial charge on any atom is -0.460 e. The number of piperazine rings is 1. The number of anilines is 2. The molecule has 4 heterocycles. The van der Waals surface area contributed by atoms with E-state index in [1.54, 1.807) is 11.3 Å². The second-order valence-corrected chi connectivity index (χ2v) is 11.1. The minimum absolute atomic E-state index is 0.244. The number of hydrogen-bond donors (Lipinski definition) is 1. The number of ether oxygens (including phenoxy) is 1. The van der Waals surface area contributed by atoms with Crippen LogP contribution in [0.4, 0.5) is 10.9 Å². The van der Waals surface area contributed by atoms with Gasteiger partial charge in [-0.05, 0) is 62.3 Å². The highest BCUT2D eigenvalue weighted by Gasteiger charge is 2.25. The molecular weight excluding hydrogens is 470 g/mol. The number of pyridine rings is 1. The molecule has 8 nitrogen and oxygen atoms in total. The second-order valence-electron chi connectivity index (χ2n) is 10.1. The highest BCUT2D eigenvalue weighted by Crippen LogP contribution is 2.39. The molecule has 0 unspecified atom stereocenters. The summed E-state index contributed by atoms with van der Waals surface area (Å²) in [6.45, 7) is 8.89. The van der Waals surface area contributed by atoms with Crippen molar-refractivity contribution in [2.45, 2.75) is 64.5 Å². The van der Waals surface area contributed by atoms with Gasteiger partial charge in [-0.15, -0.1) is 0 Å². The average molecular weight is 506 g/mol. The third kappa shape index (κ3) is 5.38. The van der Waals surface area contributed by atoms with Crippen LogP contribution in [0.3, 0.4) is 0 Å². The van der Waals surface area contributed by atoms with Crippen molar-refractivity contribution in [2.24, 2.45) is 0 Å². The minimum atomic E-state index is 0.244. The Kier molecular flexibility index (Phi) is 7.12. The largest absolute Gasteiger partial charge is 0.460 e. The monoisotopic (exact) mass is 505 g/mol. The van der Waals surface area contributed by atoms with E-state index >= 15 is 0 Å². The summed E-state index contributed by atoms with van der Waals surface area (Å²) in [4.78, 5) is 25.0. The molecule has 1 saturated heterocycles. The van der Waals surface area contributed by atoms with E-state index in [1.165, 1.54) is 30.4 Å². The van der Waals surface area contributed by atoms with Gasteiger partial charge >= 0.3 is 6.01 Å². The summed E-state index contributed by atoms with van der Waals surface area (Å²) in [7, 11) is 0. The number of nitrogens with one attached hydrogen (secondary N) is 1. The first-order chi connectivity index (χ1) is 17.7. The zero-order valence-electron chi connectivity index (χ0n) is 21.1. The van der Waals surface area contributed by atoms with E-state index in [0.717, 1.165) is 92.2 Å². The molecule has 36 heavy (non-hydrogen) atoms. The molecule has 0 spiro atoms. The fraction of sp³-hybridized carbons (Fsp3) is 0.556. The summed E-state index contributed by atoms with van der Waals surface area (Å²) in [5.41, 5.74) is 4.50. The van der Waals surface area contributed by atoms with Gasteiger partial charge in [0, 0.05) is 45.1 Å². The van der Waals surface area contributed by atoms with E-state index in [9.17, 15) is 0 Å². The molecular formula is C27H35N7OS. The number of hydrogen-bond acceptors (Lipinski definition) is 9. The molecule has 0 atom stereocenters. The summed E-state index contributed by atoms with van der Waals surface area (Å²) >= 11 is 1.64. The smallest absolute Gasteiger partial charge is 0.317 e. The fourth-order valence-electron chi connectivity index (χ4n) is 5.40. The van der Waals surface area contributed by atoms with Crippen LogP contribution in [0.25, 0.3) is 10.6 Å². The highest BCUT2D eigenvalue weighted by atomic mass is 32.1. The average Bonchev–Trinajstić information content (AvgIpc) is 3.34. The number of rotatable bonds is 7. The van der Waals surface area contributed by atoms with Gasteiger partial charge in [-0.2, -0.15) is 4.98 Å². The Hall–Kier alpha value is -2.62. The van der Waals surface area contributed by atoms with Crippen LogP contribution < -0.4 is 10.1 Å². The molecule has 3 aliphatic rings. The summed E-state index contributed by atoms with van der Waals surface area (Å²) < 4.78 is 6.15. The van der Waals surface area contributed by atoms with Gasteiger partial charge in [0.05, 0.1) is 16.3 Å². The first kappa shape index (κ1) is 23.8. The maximum absolute atomic E-state index is 6.15. The lowest BCUT2D eigenvalue weighted by atomic mass is 9.98. The Balaban J connectivity index is 1.11. The predicted molar refractivity (Wildman–Crippen MR) is 143 cm³/mol. The Bertz CT molecular complexity index is 1170. The normalized spacial score (nSPS) is 19.0. The standard InChI is InChI=1S/C27H35N7OS/c1-2-33-12-14-34(15-13-33)18-19-8-11-23(28-16-19)31-27-30-22-10-9-20-17-29-26(32-24(20)25(22)36-27)35-21-6-4-3-5-7-21/h8,11,16-17,21H,2-7,9-10,12-15,18H2,1H3,(H,28,30,31). The summed E-state index contributed by atoms with van der Waals surface area (Å²) in [6, 6.07) is 4.74. The molecule has 3 aromatic heterocycles. The van der Waals surface area contributed by atoms with Crippen LogP contribution in [0.15, 0.2) is 24.5 Å². The number of thiazole rings is 1. The molecule has 0 aromatic carbocycles. The van der Waals surface area contributed by atoms with E-state index in [4.69, 9.17) is 14.7 Å². The topological polar surface area (TPSA) is 79.3 Å². The third-order valence-electron chi connectivity index (χ3n) is 7.59. The first-order valence-corrected chi connectivity index (χ1v) is 14.2. The molecule has 0 bridgehead atoms. The number of nitrogens with zero attached hydrogens (tertiary/aromatic N) is 6. The van der Waals surface area contributed by atoms with Crippen LogP contribution in [0.5, 0.6) is 6.01 Å². The van der Waals surface area contributed by atoms with E-state index in [-0.39, 0.29) is 6.10 Å². The Morgan fingerprint density at radius 2 is 1.81 bits per heavy atom. The quantitative estimate of drug-likeness (QED) is 0.496. The van der Waals surface area contributed by atoms with Crippen LogP contribution in [-0.4, -0.2) is 68.6 Å². The van der Waals surface area contributed by atoms with Gasteiger partial charge in [-0.3, -0.25) is 4.90 Å². The van der Waals surface area contributed by atoms with Crippen molar-refractivity contribution in [3.05, 3.63) is 41.3 Å². The van der Waals surface area contributed by atoms with Crippen LogP contribution in [0.2, 0.25) is 0 Å². The van der Waals surface area contributed by atoms with E-state index in [0.29, 0.717) is 6.01 Å². The lowest BCUT2D eigenvalue weighted by molar-refractivity contribution is 0.132. The molecule has 1 saturated carbocycles. The molecule has 1 aliphatic heterocycles. The maximum atomic E-state index is 6.15. The number of aromatic nitrogens is 4. The van der Waals surface area contributed by atoms with Crippen molar-refractivity contribution in [1.29, 1.82) is 0 Å². The summed E-state index contributed by atoms with van der Waals surface area (Å²) in [5, 5.41) is 4.28. The summed E-state index contributed by atoms with van der Waals surface area (Å²) in [5.74, 6) is 0.824. The SMILES string of the molecule is CCN1CCN(Cc2ccc(Nc3nc4c(s3)-c3nc(OC5CCCCC5)ncc3CC4)nc2)CC1. The van der Waals surface area contributed by atoms with Gasteiger partial charge in [0.1, 0.15) is 11.9 Å². The molecule has 1 N–H and O–H groups in total. The van der Waals surface area contributed by atoms with Crippen molar-refractivity contribution in [3.63, 3.8) is 0 Å². The summed E-state index contributed by atoms with van der Waals surface area (Å²) in [6.07, 6.45) is 12.0. The van der Waals surface area contributed by atoms with Crippen molar-refractivity contribution in [3.8, 4) is 16.6 Å². The number of likely N-dealkylation sites (N-methyl/N-ethyl adjacent to an activating group) is 1. The Morgan fingerprint density at radius 3 is 2.58 bits per heavy atom. The van der Waals surface area contributed by atoms with Crippen molar-refractivity contribution >= 4 is 22.3 Å². The first-order valence-electron chi connectivity index (χ1n) is 13.4. The van der Waals surface area contributed by atoms with Gasteiger partial charge in [-0.1, -0.05) is 30.7 Å². The fourth-order valence-corrected chi connectivity index (χ4v) is 6.44. The molecule has 190 valence electrons. The molecule has 0 radical (unpaired) electrons. The van der Waals surface area contributed by atoms with Crippen molar-refractivity contribution in [2.75, 3.05) is 38.0 Å². The van der Waals surface area contributed by atoms with Gasteiger partial charge in [0.25, 0.3) is 0 Å². The van der Waals surface area contributed by atoms with Gasteiger partial charge in [-0.25, -0.2) is 15.0 Å².